The molecule has 0 spiro atoms. The Kier molecular flexibility index (Phi) is 3.99. The van der Waals surface area contributed by atoms with Crippen molar-refractivity contribution < 1.29 is 22.7 Å². The van der Waals surface area contributed by atoms with Crippen LogP contribution in [0, 0.1) is 0 Å². The van der Waals surface area contributed by atoms with Gasteiger partial charge in [-0.2, -0.15) is 13.2 Å². The van der Waals surface area contributed by atoms with Crippen molar-refractivity contribution in [3.8, 4) is 11.5 Å². The van der Waals surface area contributed by atoms with Crippen LogP contribution in [0.3, 0.4) is 0 Å². The maximum atomic E-state index is 12.8. The van der Waals surface area contributed by atoms with Crippen LogP contribution in [0.1, 0.15) is 15.9 Å². The molecule has 2 aromatic carbocycles. The van der Waals surface area contributed by atoms with E-state index in [9.17, 15) is 18.0 Å². The van der Waals surface area contributed by atoms with E-state index >= 15 is 0 Å². The van der Waals surface area contributed by atoms with Crippen LogP contribution < -0.4 is 4.74 Å². The van der Waals surface area contributed by atoms with Gasteiger partial charge in [-0.1, -0.05) is 23.7 Å². The molecular weight excluding hydrogens is 293 g/mol. The van der Waals surface area contributed by atoms with Gasteiger partial charge in [-0.3, -0.25) is 4.79 Å². The highest BCUT2D eigenvalue weighted by molar-refractivity contribution is 6.33. The van der Waals surface area contributed by atoms with E-state index in [4.69, 9.17) is 16.3 Å². The van der Waals surface area contributed by atoms with E-state index in [-0.39, 0.29) is 22.1 Å². The summed E-state index contributed by atoms with van der Waals surface area (Å²) in [4.78, 5) is 10.6. The summed E-state index contributed by atoms with van der Waals surface area (Å²) in [5.41, 5.74) is -0.640. The van der Waals surface area contributed by atoms with E-state index in [2.05, 4.69) is 0 Å². The Labute approximate surface area is 117 Å². The lowest BCUT2D eigenvalue weighted by Crippen LogP contribution is -2.06. The zero-order valence-corrected chi connectivity index (χ0v) is 10.7. The number of carbonyl (C=O) groups excluding carboxylic acids is 1. The molecule has 0 amide bonds. The summed E-state index contributed by atoms with van der Waals surface area (Å²) in [5, 5.41) is 0.113. The van der Waals surface area contributed by atoms with Gasteiger partial charge in [-0.05, 0) is 24.3 Å². The lowest BCUT2D eigenvalue weighted by Gasteiger charge is -2.13. The Morgan fingerprint density at radius 2 is 1.80 bits per heavy atom. The van der Waals surface area contributed by atoms with Crippen LogP contribution in [-0.2, 0) is 6.18 Å². The van der Waals surface area contributed by atoms with Gasteiger partial charge < -0.3 is 4.74 Å². The summed E-state index contributed by atoms with van der Waals surface area (Å²) >= 11 is 5.79. The third-order valence-electron chi connectivity index (χ3n) is 2.52. The quantitative estimate of drug-likeness (QED) is 0.749. The molecular formula is C14H8ClF3O2. The molecule has 0 aliphatic rings. The van der Waals surface area contributed by atoms with Crippen molar-refractivity contribution in [2.45, 2.75) is 6.18 Å². The number of hydrogen-bond acceptors (Lipinski definition) is 2. The fourth-order valence-electron chi connectivity index (χ4n) is 1.58. The maximum Gasteiger partial charge on any atom is 0.419 e. The molecule has 0 radical (unpaired) electrons. The number of halogens is 4. The first-order valence-electron chi connectivity index (χ1n) is 5.50. The van der Waals surface area contributed by atoms with Crippen LogP contribution in [0.15, 0.2) is 42.5 Å². The van der Waals surface area contributed by atoms with Crippen LogP contribution in [0.5, 0.6) is 11.5 Å². The molecule has 2 rings (SSSR count). The number of rotatable bonds is 3. The predicted octanol–water partition coefficient (Wildman–Crippen LogP) is 4.96. The Bertz CT molecular complexity index is 639. The van der Waals surface area contributed by atoms with E-state index in [1.807, 2.05) is 0 Å². The predicted molar refractivity (Wildman–Crippen MR) is 68.4 cm³/mol. The topological polar surface area (TPSA) is 26.3 Å². The lowest BCUT2D eigenvalue weighted by atomic mass is 10.2. The summed E-state index contributed by atoms with van der Waals surface area (Å²) in [6.07, 6.45) is -3.96. The van der Waals surface area contributed by atoms with E-state index in [1.54, 1.807) is 0 Å². The van der Waals surface area contributed by atoms with Gasteiger partial charge in [0.05, 0.1) is 10.6 Å². The molecule has 0 fully saturated rings. The molecule has 0 N–H and O–H groups in total. The van der Waals surface area contributed by atoms with Gasteiger partial charge in [0, 0.05) is 11.6 Å². The maximum absolute atomic E-state index is 12.8. The number of hydrogen-bond donors (Lipinski definition) is 0. The van der Waals surface area contributed by atoms with Crippen molar-refractivity contribution in [3.63, 3.8) is 0 Å². The molecule has 0 aliphatic heterocycles. The Hall–Kier alpha value is -2.01. The van der Waals surface area contributed by atoms with Crippen molar-refractivity contribution in [2.24, 2.45) is 0 Å². The van der Waals surface area contributed by atoms with Crippen molar-refractivity contribution >= 4 is 17.9 Å². The second-order valence-corrected chi connectivity index (χ2v) is 4.30. The molecule has 104 valence electrons. The van der Waals surface area contributed by atoms with Gasteiger partial charge in [0.1, 0.15) is 11.5 Å². The summed E-state index contributed by atoms with van der Waals surface area (Å²) in [7, 11) is 0. The van der Waals surface area contributed by atoms with E-state index in [0.717, 1.165) is 6.07 Å². The SMILES string of the molecule is O=Cc1ccc(Oc2ccccc2C(F)(F)F)cc1Cl. The van der Waals surface area contributed by atoms with Gasteiger partial charge in [0.25, 0.3) is 0 Å². The largest absolute Gasteiger partial charge is 0.457 e. The van der Waals surface area contributed by atoms with Gasteiger partial charge in [-0.25, -0.2) is 0 Å². The van der Waals surface area contributed by atoms with Crippen LogP contribution >= 0.6 is 11.6 Å². The molecule has 0 saturated carbocycles. The highest BCUT2D eigenvalue weighted by atomic mass is 35.5. The first-order valence-corrected chi connectivity index (χ1v) is 5.88. The van der Waals surface area contributed by atoms with Crippen molar-refractivity contribution in [2.75, 3.05) is 0 Å². The Morgan fingerprint density at radius 3 is 2.40 bits per heavy atom. The second-order valence-electron chi connectivity index (χ2n) is 3.90. The molecule has 2 nitrogen and oxygen atoms in total. The minimum absolute atomic E-state index is 0.113. The molecule has 0 unspecified atom stereocenters. The van der Waals surface area contributed by atoms with E-state index in [1.165, 1.54) is 36.4 Å². The second kappa shape index (κ2) is 5.54. The Balaban J connectivity index is 2.36. The lowest BCUT2D eigenvalue weighted by molar-refractivity contribution is -0.138. The number of alkyl halides is 3. The summed E-state index contributed by atoms with van der Waals surface area (Å²) < 4.78 is 43.6. The van der Waals surface area contributed by atoms with Gasteiger partial charge in [0.15, 0.2) is 6.29 Å². The third kappa shape index (κ3) is 3.11. The van der Waals surface area contributed by atoms with Crippen molar-refractivity contribution in [3.05, 3.63) is 58.6 Å². The number of aldehydes is 1. The van der Waals surface area contributed by atoms with Crippen LogP contribution in [0.2, 0.25) is 5.02 Å². The molecule has 0 aliphatic carbocycles. The summed E-state index contributed by atoms with van der Waals surface area (Å²) in [6.45, 7) is 0. The third-order valence-corrected chi connectivity index (χ3v) is 2.85. The first kappa shape index (κ1) is 14.4. The van der Waals surface area contributed by atoms with Crippen molar-refractivity contribution in [1.29, 1.82) is 0 Å². The molecule has 0 heterocycles. The molecule has 6 heteroatoms. The van der Waals surface area contributed by atoms with Crippen molar-refractivity contribution in [1.82, 2.24) is 0 Å². The standard InChI is InChI=1S/C14H8ClF3O2/c15-12-7-10(6-5-9(12)8-19)20-13-4-2-1-3-11(13)14(16,17)18/h1-8H. The average molecular weight is 301 g/mol. The molecule has 0 saturated heterocycles. The fraction of sp³-hybridized carbons (Fsp3) is 0.0714. The van der Waals surface area contributed by atoms with Crippen LogP contribution in [0.4, 0.5) is 13.2 Å². The monoisotopic (exact) mass is 300 g/mol. The fourth-order valence-corrected chi connectivity index (χ4v) is 1.80. The van der Waals surface area contributed by atoms with Gasteiger partial charge in [0.2, 0.25) is 0 Å². The molecule has 20 heavy (non-hydrogen) atoms. The number of ether oxygens (including phenoxy) is 1. The number of benzene rings is 2. The molecule has 0 atom stereocenters. The van der Waals surface area contributed by atoms with Crippen LogP contribution in [0.25, 0.3) is 0 Å². The molecule has 0 aromatic heterocycles. The number of para-hydroxylation sites is 1. The van der Waals surface area contributed by atoms with Gasteiger partial charge >= 0.3 is 6.18 Å². The first-order chi connectivity index (χ1) is 9.41. The molecule has 2 aromatic rings. The van der Waals surface area contributed by atoms with E-state index < -0.39 is 11.7 Å². The van der Waals surface area contributed by atoms with Crippen LogP contribution in [-0.4, -0.2) is 6.29 Å². The normalized spacial score (nSPS) is 11.2. The smallest absolute Gasteiger partial charge is 0.419 e. The highest BCUT2D eigenvalue weighted by Gasteiger charge is 2.34. The highest BCUT2D eigenvalue weighted by Crippen LogP contribution is 2.38. The minimum atomic E-state index is -4.51. The summed E-state index contributed by atoms with van der Waals surface area (Å²) in [5.74, 6) is -0.202. The minimum Gasteiger partial charge on any atom is -0.457 e. The molecule has 0 bridgehead atoms. The van der Waals surface area contributed by atoms with Gasteiger partial charge in [-0.15, -0.1) is 0 Å². The number of carbonyl (C=O) groups is 1. The van der Waals surface area contributed by atoms with E-state index in [0.29, 0.717) is 6.29 Å². The average Bonchev–Trinajstić information content (AvgIpc) is 2.38. The Morgan fingerprint density at radius 1 is 1.10 bits per heavy atom. The summed E-state index contributed by atoms with van der Waals surface area (Å²) in [6, 6.07) is 8.90. The zero-order chi connectivity index (χ0) is 14.8. The zero-order valence-electron chi connectivity index (χ0n) is 9.95.